The molecule has 2 unspecified atom stereocenters. The molecule has 0 heterocycles. The number of unbranched alkanes of at least 4 members (excludes halogenated alkanes) is 6. The SMILES string of the molecule is CCCCCCCCCc1ccccc1OC(C)OC(=O)C(CC(=O)O)S(=O)(=O)O. The lowest BCUT2D eigenvalue weighted by Gasteiger charge is -2.19. The number of hydrogen-bond acceptors (Lipinski definition) is 6. The largest absolute Gasteiger partial charge is 0.481 e. The summed E-state index contributed by atoms with van der Waals surface area (Å²) in [6.07, 6.45) is 6.76. The van der Waals surface area contributed by atoms with E-state index in [9.17, 15) is 18.0 Å². The van der Waals surface area contributed by atoms with Gasteiger partial charge in [0.15, 0.2) is 5.25 Å². The number of carboxylic acids is 1. The van der Waals surface area contributed by atoms with E-state index in [0.717, 1.165) is 24.8 Å². The third kappa shape index (κ3) is 10.1. The molecule has 0 spiro atoms. The van der Waals surface area contributed by atoms with Gasteiger partial charge in [0.2, 0.25) is 6.29 Å². The molecule has 1 aromatic carbocycles. The smallest absolute Gasteiger partial charge is 0.330 e. The molecule has 1 aromatic rings. The molecule has 0 amide bonds. The summed E-state index contributed by atoms with van der Waals surface area (Å²) in [5.41, 5.74) is 0.936. The highest BCUT2D eigenvalue weighted by molar-refractivity contribution is 7.87. The van der Waals surface area contributed by atoms with Crippen LogP contribution in [0.15, 0.2) is 24.3 Å². The summed E-state index contributed by atoms with van der Waals surface area (Å²) in [4.78, 5) is 22.8. The third-order valence-corrected chi connectivity index (χ3v) is 5.66. The number of aliphatic carboxylic acids is 1. The first-order valence-electron chi connectivity index (χ1n) is 10.3. The van der Waals surface area contributed by atoms with E-state index in [-0.39, 0.29) is 0 Å². The number of benzene rings is 1. The summed E-state index contributed by atoms with van der Waals surface area (Å²) in [5.74, 6) is -2.43. The van der Waals surface area contributed by atoms with Gasteiger partial charge in [-0.2, -0.15) is 8.42 Å². The van der Waals surface area contributed by atoms with Crippen LogP contribution in [0.2, 0.25) is 0 Å². The molecule has 0 aliphatic rings. The topological polar surface area (TPSA) is 127 Å². The predicted octanol–water partition coefficient (Wildman–Crippen LogP) is 3.98. The van der Waals surface area contributed by atoms with E-state index in [4.69, 9.17) is 19.1 Å². The molecule has 0 aliphatic heterocycles. The summed E-state index contributed by atoms with van der Waals surface area (Å²) in [6.45, 7) is 3.58. The number of rotatable bonds is 15. The van der Waals surface area contributed by atoms with E-state index >= 15 is 0 Å². The lowest BCUT2D eigenvalue weighted by molar-refractivity contribution is -0.162. The lowest BCUT2D eigenvalue weighted by atomic mass is 10.0. The molecule has 0 aromatic heterocycles. The number of carboxylic acid groups (broad SMARTS) is 1. The van der Waals surface area contributed by atoms with Gasteiger partial charge in [-0.25, -0.2) is 0 Å². The minimum Gasteiger partial charge on any atom is -0.481 e. The van der Waals surface area contributed by atoms with Crippen molar-refractivity contribution in [1.29, 1.82) is 0 Å². The molecular formula is C21H32O8S. The fraction of sp³-hybridized carbons (Fsp3) is 0.619. The van der Waals surface area contributed by atoms with E-state index in [1.165, 1.54) is 39.0 Å². The molecular weight excluding hydrogens is 412 g/mol. The van der Waals surface area contributed by atoms with E-state index in [1.54, 1.807) is 12.1 Å². The van der Waals surface area contributed by atoms with Gasteiger partial charge < -0.3 is 14.6 Å². The van der Waals surface area contributed by atoms with Gasteiger partial charge in [0, 0.05) is 6.92 Å². The molecule has 1 rings (SSSR count). The van der Waals surface area contributed by atoms with E-state index in [2.05, 4.69) is 6.92 Å². The highest BCUT2D eigenvalue weighted by Gasteiger charge is 2.36. The summed E-state index contributed by atoms with van der Waals surface area (Å²) < 4.78 is 42.2. The second-order valence-corrected chi connectivity index (χ2v) is 8.80. The van der Waals surface area contributed by atoms with Crippen molar-refractivity contribution in [3.63, 3.8) is 0 Å². The number of para-hydroxylation sites is 1. The normalized spacial score (nSPS) is 13.4. The lowest BCUT2D eigenvalue weighted by Crippen LogP contribution is -2.36. The fourth-order valence-corrected chi connectivity index (χ4v) is 3.66. The maximum Gasteiger partial charge on any atom is 0.330 e. The van der Waals surface area contributed by atoms with Gasteiger partial charge in [-0.3, -0.25) is 14.1 Å². The van der Waals surface area contributed by atoms with Crippen molar-refractivity contribution in [2.45, 2.75) is 83.2 Å². The first kappa shape index (κ1) is 25.9. The van der Waals surface area contributed by atoms with Gasteiger partial charge in [0.1, 0.15) is 5.75 Å². The Hall–Kier alpha value is -2.13. The Morgan fingerprint density at radius 1 is 1.03 bits per heavy atom. The van der Waals surface area contributed by atoms with Gasteiger partial charge in [0.05, 0.1) is 6.42 Å². The van der Waals surface area contributed by atoms with Gasteiger partial charge in [-0.05, 0) is 24.5 Å². The molecule has 0 aliphatic carbocycles. The monoisotopic (exact) mass is 444 g/mol. The van der Waals surface area contributed by atoms with Crippen molar-refractivity contribution in [3.05, 3.63) is 29.8 Å². The number of aryl methyl sites for hydroxylation is 1. The molecule has 0 fully saturated rings. The van der Waals surface area contributed by atoms with Crippen LogP contribution >= 0.6 is 0 Å². The van der Waals surface area contributed by atoms with Crippen LogP contribution in [0.3, 0.4) is 0 Å². The molecule has 0 saturated carbocycles. The highest BCUT2D eigenvalue weighted by atomic mass is 32.2. The molecule has 0 radical (unpaired) electrons. The van der Waals surface area contributed by atoms with Crippen molar-refractivity contribution < 1.29 is 37.1 Å². The van der Waals surface area contributed by atoms with Crippen molar-refractivity contribution in [3.8, 4) is 5.75 Å². The molecule has 30 heavy (non-hydrogen) atoms. The van der Waals surface area contributed by atoms with Gasteiger partial charge >= 0.3 is 11.9 Å². The number of carbonyl (C=O) groups is 2. The number of esters is 1. The van der Waals surface area contributed by atoms with Crippen LogP contribution in [0.25, 0.3) is 0 Å². The van der Waals surface area contributed by atoms with Crippen molar-refractivity contribution in [2.75, 3.05) is 0 Å². The van der Waals surface area contributed by atoms with E-state index in [0.29, 0.717) is 5.75 Å². The molecule has 2 atom stereocenters. The summed E-state index contributed by atoms with van der Waals surface area (Å²) in [5, 5.41) is 6.55. The van der Waals surface area contributed by atoms with Crippen molar-refractivity contribution in [2.24, 2.45) is 0 Å². The Labute approximate surface area is 178 Å². The minimum absolute atomic E-state index is 0.505. The van der Waals surface area contributed by atoms with Crippen molar-refractivity contribution >= 4 is 22.1 Å². The zero-order chi connectivity index (χ0) is 22.6. The molecule has 0 bridgehead atoms. The molecule has 9 heteroatoms. The van der Waals surface area contributed by atoms with E-state index < -0.39 is 40.0 Å². The van der Waals surface area contributed by atoms with Gasteiger partial charge in [-0.1, -0.05) is 63.6 Å². The van der Waals surface area contributed by atoms with Gasteiger partial charge in [0.25, 0.3) is 10.1 Å². The second-order valence-electron chi connectivity index (χ2n) is 7.20. The number of ether oxygens (including phenoxy) is 2. The zero-order valence-electron chi connectivity index (χ0n) is 17.6. The average molecular weight is 445 g/mol. The average Bonchev–Trinajstić information content (AvgIpc) is 2.65. The Morgan fingerprint density at radius 3 is 2.23 bits per heavy atom. The first-order chi connectivity index (χ1) is 14.1. The number of hydrogen-bond donors (Lipinski definition) is 2. The summed E-state index contributed by atoms with van der Waals surface area (Å²) in [7, 11) is -4.92. The van der Waals surface area contributed by atoms with Crippen LogP contribution in [0, 0.1) is 0 Å². The van der Waals surface area contributed by atoms with Crippen LogP contribution in [0.5, 0.6) is 5.75 Å². The summed E-state index contributed by atoms with van der Waals surface area (Å²) in [6, 6.07) is 7.27. The minimum atomic E-state index is -4.92. The maximum atomic E-state index is 12.0. The van der Waals surface area contributed by atoms with Crippen LogP contribution in [0.1, 0.15) is 70.8 Å². The number of carbonyl (C=O) groups excluding carboxylic acids is 1. The fourth-order valence-electron chi connectivity index (χ4n) is 3.01. The van der Waals surface area contributed by atoms with Crippen molar-refractivity contribution in [1.82, 2.24) is 0 Å². The van der Waals surface area contributed by atoms with Crippen LogP contribution in [-0.4, -0.2) is 41.6 Å². The maximum absolute atomic E-state index is 12.0. The zero-order valence-corrected chi connectivity index (χ0v) is 18.4. The molecule has 2 N–H and O–H groups in total. The Morgan fingerprint density at radius 2 is 1.63 bits per heavy atom. The Kier molecular flexibility index (Phi) is 11.4. The first-order valence-corrected chi connectivity index (χ1v) is 11.8. The predicted molar refractivity (Wildman–Crippen MR) is 112 cm³/mol. The molecule has 170 valence electrons. The summed E-state index contributed by atoms with van der Waals surface area (Å²) >= 11 is 0. The molecule has 8 nitrogen and oxygen atoms in total. The van der Waals surface area contributed by atoms with E-state index in [1.807, 2.05) is 12.1 Å². The van der Waals surface area contributed by atoms with Gasteiger partial charge in [-0.15, -0.1) is 0 Å². The Bertz CT molecular complexity index is 775. The van der Waals surface area contributed by atoms with Crippen LogP contribution in [0.4, 0.5) is 0 Å². The van der Waals surface area contributed by atoms with Crippen LogP contribution < -0.4 is 4.74 Å². The third-order valence-electron chi connectivity index (χ3n) is 4.58. The van der Waals surface area contributed by atoms with Crippen LogP contribution in [-0.2, 0) is 30.9 Å². The standard InChI is InChI=1S/C21H32O8S/c1-3-4-5-6-7-8-9-12-17-13-10-11-14-18(17)28-16(2)29-21(24)19(15-20(22)23)30(25,26)27/h10-11,13-14,16,19H,3-9,12,15H2,1-2H3,(H,22,23)(H,25,26,27). The Balaban J connectivity index is 2.61. The highest BCUT2D eigenvalue weighted by Crippen LogP contribution is 2.23. The molecule has 0 saturated heterocycles. The quantitative estimate of drug-likeness (QED) is 0.180. The second kappa shape index (κ2) is 13.2.